The number of hydrogen-bond donors (Lipinski definition) is 1. The van der Waals surface area contributed by atoms with Crippen LogP contribution in [0.1, 0.15) is 23.7 Å². The number of aliphatic hydroxyl groups is 1. The first-order valence-electron chi connectivity index (χ1n) is 5.12. The van der Waals surface area contributed by atoms with Crippen LogP contribution in [0, 0.1) is 0 Å². The van der Waals surface area contributed by atoms with Crippen LogP contribution in [0.2, 0.25) is 0 Å². The number of ether oxygens (including phenoxy) is 1. The summed E-state index contributed by atoms with van der Waals surface area (Å²) in [4.78, 5) is 12.5. The van der Waals surface area contributed by atoms with E-state index in [0.717, 1.165) is 17.1 Å². The quantitative estimate of drug-likeness (QED) is 0.471. The second-order valence-electron chi connectivity index (χ2n) is 3.32. The summed E-state index contributed by atoms with van der Waals surface area (Å²) >= 11 is 1.57. The number of carbonyl (C=O) groups is 1. The molecule has 0 aromatic heterocycles. The lowest BCUT2D eigenvalue weighted by Gasteiger charge is -2.10. The molecule has 0 aliphatic carbocycles. The van der Waals surface area contributed by atoms with Crippen molar-refractivity contribution in [2.24, 2.45) is 0 Å². The first kappa shape index (κ1) is 13.1. The Kier molecular flexibility index (Phi) is 5.35. The first-order valence-corrected chi connectivity index (χ1v) is 6.11. The third kappa shape index (κ3) is 3.25. The number of carbonyl (C=O) groups excluding carboxylic acids is 1. The van der Waals surface area contributed by atoms with Crippen LogP contribution in [-0.4, -0.2) is 30.4 Å². The smallest absolute Gasteiger partial charge is 0.164 e. The second kappa shape index (κ2) is 6.55. The van der Waals surface area contributed by atoms with Crippen molar-refractivity contribution in [2.45, 2.75) is 18.2 Å². The maximum atomic E-state index is 11.5. The molecule has 3 nitrogen and oxygen atoms in total. The Hall–Kier alpha value is -1.00. The van der Waals surface area contributed by atoms with Gasteiger partial charge < -0.3 is 9.84 Å². The Labute approximate surface area is 99.8 Å². The van der Waals surface area contributed by atoms with E-state index in [1.165, 1.54) is 6.92 Å². The topological polar surface area (TPSA) is 46.5 Å². The zero-order valence-electron chi connectivity index (χ0n) is 9.53. The molecule has 1 rings (SSSR count). The average molecular weight is 240 g/mol. The lowest BCUT2D eigenvalue weighted by Crippen LogP contribution is -2.00. The van der Waals surface area contributed by atoms with Gasteiger partial charge in [-0.3, -0.25) is 4.79 Å². The molecule has 0 saturated carbocycles. The molecule has 0 fully saturated rings. The summed E-state index contributed by atoms with van der Waals surface area (Å²) in [5.74, 6) is 1.41. The molecule has 0 amide bonds. The van der Waals surface area contributed by atoms with Crippen LogP contribution >= 0.6 is 11.8 Å². The highest BCUT2D eigenvalue weighted by molar-refractivity contribution is 7.99. The van der Waals surface area contributed by atoms with Crippen molar-refractivity contribution >= 4 is 17.5 Å². The summed E-state index contributed by atoms with van der Waals surface area (Å²) < 4.78 is 5.17. The summed E-state index contributed by atoms with van der Waals surface area (Å²) in [5.41, 5.74) is 0.632. The minimum Gasteiger partial charge on any atom is -0.496 e. The van der Waals surface area contributed by atoms with Crippen LogP contribution in [0.4, 0.5) is 0 Å². The Morgan fingerprint density at radius 3 is 2.81 bits per heavy atom. The van der Waals surface area contributed by atoms with Crippen molar-refractivity contribution in [3.63, 3.8) is 0 Å². The molecule has 0 spiro atoms. The van der Waals surface area contributed by atoms with E-state index in [1.54, 1.807) is 24.9 Å². The van der Waals surface area contributed by atoms with E-state index in [0.29, 0.717) is 11.3 Å². The number of hydrogen-bond acceptors (Lipinski definition) is 4. The average Bonchev–Trinajstić information content (AvgIpc) is 2.28. The molecule has 88 valence electrons. The maximum Gasteiger partial charge on any atom is 0.164 e. The van der Waals surface area contributed by atoms with Gasteiger partial charge in [0.1, 0.15) is 5.75 Å². The highest BCUT2D eigenvalue weighted by atomic mass is 32.2. The Bertz CT molecular complexity index is 363. The van der Waals surface area contributed by atoms with Crippen molar-refractivity contribution in [2.75, 3.05) is 19.5 Å². The van der Waals surface area contributed by atoms with Crippen molar-refractivity contribution in [3.8, 4) is 5.75 Å². The third-order valence-electron chi connectivity index (χ3n) is 2.12. The van der Waals surface area contributed by atoms with Gasteiger partial charge in [0, 0.05) is 17.3 Å². The molecular weight excluding hydrogens is 224 g/mol. The second-order valence-corrected chi connectivity index (χ2v) is 4.45. The molecule has 0 aliphatic heterocycles. The summed E-state index contributed by atoms with van der Waals surface area (Å²) in [7, 11) is 1.56. The van der Waals surface area contributed by atoms with E-state index in [-0.39, 0.29) is 12.4 Å². The molecule has 4 heteroatoms. The van der Waals surface area contributed by atoms with Crippen LogP contribution in [0.3, 0.4) is 0 Å². The van der Waals surface area contributed by atoms with Crippen LogP contribution in [0.15, 0.2) is 23.1 Å². The highest BCUT2D eigenvalue weighted by Gasteiger charge is 2.13. The van der Waals surface area contributed by atoms with Gasteiger partial charge in [-0.25, -0.2) is 0 Å². The van der Waals surface area contributed by atoms with Crippen LogP contribution in [-0.2, 0) is 0 Å². The number of methoxy groups -OCH3 is 1. The molecule has 0 saturated heterocycles. The number of benzene rings is 1. The minimum absolute atomic E-state index is 0.00366. The van der Waals surface area contributed by atoms with Crippen LogP contribution in [0.5, 0.6) is 5.75 Å². The molecule has 0 atom stereocenters. The van der Waals surface area contributed by atoms with Crippen molar-refractivity contribution in [1.82, 2.24) is 0 Å². The summed E-state index contributed by atoms with van der Waals surface area (Å²) in [6, 6.07) is 5.56. The molecule has 1 aromatic rings. The number of thioether (sulfide) groups is 1. The molecule has 16 heavy (non-hydrogen) atoms. The monoisotopic (exact) mass is 240 g/mol. The molecule has 0 unspecified atom stereocenters. The van der Waals surface area contributed by atoms with E-state index < -0.39 is 0 Å². The lowest BCUT2D eigenvalue weighted by molar-refractivity contribution is 0.101. The van der Waals surface area contributed by atoms with Gasteiger partial charge in [0.2, 0.25) is 0 Å². The molecule has 0 aliphatic rings. The molecular formula is C12H16O3S. The Balaban J connectivity index is 2.93. The van der Waals surface area contributed by atoms with Gasteiger partial charge in [-0.2, -0.15) is 0 Å². The van der Waals surface area contributed by atoms with E-state index in [1.807, 2.05) is 12.1 Å². The highest BCUT2D eigenvalue weighted by Crippen LogP contribution is 2.30. The van der Waals surface area contributed by atoms with Gasteiger partial charge >= 0.3 is 0 Å². The standard InChI is InChI=1S/C12H16O3S/c1-9(14)12-10(15-2)5-3-6-11(12)16-8-4-7-13/h3,5-6,13H,4,7-8H2,1-2H3. The van der Waals surface area contributed by atoms with E-state index in [2.05, 4.69) is 0 Å². The van der Waals surface area contributed by atoms with Gasteiger partial charge in [0.15, 0.2) is 5.78 Å². The largest absolute Gasteiger partial charge is 0.496 e. The first-order chi connectivity index (χ1) is 7.70. The molecule has 1 aromatic carbocycles. The minimum atomic E-state index is 0.00366. The number of aliphatic hydroxyl groups excluding tert-OH is 1. The predicted molar refractivity (Wildman–Crippen MR) is 65.4 cm³/mol. The maximum absolute atomic E-state index is 11.5. The predicted octanol–water partition coefficient (Wildman–Crippen LogP) is 2.37. The molecule has 0 bridgehead atoms. The van der Waals surface area contributed by atoms with Gasteiger partial charge in [-0.1, -0.05) is 6.07 Å². The van der Waals surface area contributed by atoms with Crippen molar-refractivity contribution in [1.29, 1.82) is 0 Å². The normalized spacial score (nSPS) is 10.2. The molecule has 0 radical (unpaired) electrons. The summed E-state index contributed by atoms with van der Waals surface area (Å²) in [6.07, 6.45) is 0.721. The van der Waals surface area contributed by atoms with E-state index in [4.69, 9.17) is 9.84 Å². The SMILES string of the molecule is COc1cccc(SCCCO)c1C(C)=O. The van der Waals surface area contributed by atoms with Crippen molar-refractivity contribution in [3.05, 3.63) is 23.8 Å². The summed E-state index contributed by atoms with van der Waals surface area (Å²) in [6.45, 7) is 1.71. The fourth-order valence-electron chi connectivity index (χ4n) is 1.40. The molecule has 0 heterocycles. The summed E-state index contributed by atoms with van der Waals surface area (Å²) in [5, 5.41) is 8.72. The van der Waals surface area contributed by atoms with Crippen molar-refractivity contribution < 1.29 is 14.6 Å². The van der Waals surface area contributed by atoms with E-state index >= 15 is 0 Å². The number of Topliss-reactive ketones (excluding diaryl/α,β-unsaturated/α-hetero) is 1. The zero-order chi connectivity index (χ0) is 12.0. The fourth-order valence-corrected chi connectivity index (χ4v) is 2.45. The number of ketones is 1. The van der Waals surface area contributed by atoms with Gasteiger partial charge in [-0.05, 0) is 25.5 Å². The molecule has 1 N–H and O–H groups in total. The Morgan fingerprint density at radius 2 is 2.25 bits per heavy atom. The van der Waals surface area contributed by atoms with Gasteiger partial charge in [0.05, 0.1) is 12.7 Å². The van der Waals surface area contributed by atoms with Crippen LogP contribution in [0.25, 0.3) is 0 Å². The lowest BCUT2D eigenvalue weighted by atomic mass is 10.1. The van der Waals surface area contributed by atoms with E-state index in [9.17, 15) is 4.79 Å². The number of rotatable bonds is 6. The Morgan fingerprint density at radius 1 is 1.50 bits per heavy atom. The van der Waals surface area contributed by atoms with Crippen LogP contribution < -0.4 is 4.74 Å². The van der Waals surface area contributed by atoms with Gasteiger partial charge in [0.25, 0.3) is 0 Å². The zero-order valence-corrected chi connectivity index (χ0v) is 10.3. The van der Waals surface area contributed by atoms with Gasteiger partial charge in [-0.15, -0.1) is 11.8 Å². The fraction of sp³-hybridized carbons (Fsp3) is 0.417. The third-order valence-corrected chi connectivity index (χ3v) is 3.26.